The van der Waals surface area contributed by atoms with Crippen LogP contribution in [0.4, 0.5) is 0 Å². The lowest BCUT2D eigenvalue weighted by molar-refractivity contribution is -0.129. The number of aromatic nitrogens is 1. The van der Waals surface area contributed by atoms with Crippen molar-refractivity contribution in [1.29, 1.82) is 0 Å². The van der Waals surface area contributed by atoms with Crippen LogP contribution in [0.5, 0.6) is 0 Å². The van der Waals surface area contributed by atoms with Gasteiger partial charge in [-0.15, -0.1) is 0 Å². The van der Waals surface area contributed by atoms with Crippen molar-refractivity contribution in [3.05, 3.63) is 53.7 Å². The van der Waals surface area contributed by atoms with Gasteiger partial charge in [0.2, 0.25) is 5.91 Å². The molecule has 6 heteroatoms. The largest absolute Gasteiger partial charge is 0.459 e. The molecule has 1 saturated carbocycles. The summed E-state index contributed by atoms with van der Waals surface area (Å²) >= 11 is 0. The van der Waals surface area contributed by atoms with E-state index in [1.54, 1.807) is 12.3 Å². The molecule has 0 aromatic carbocycles. The number of rotatable bonds is 5. The Morgan fingerprint density at radius 3 is 2.88 bits per heavy atom. The Morgan fingerprint density at radius 2 is 2.24 bits per heavy atom. The van der Waals surface area contributed by atoms with Gasteiger partial charge in [0.15, 0.2) is 5.76 Å². The predicted octanol–water partition coefficient (Wildman–Crippen LogP) is 2.47. The van der Waals surface area contributed by atoms with Crippen molar-refractivity contribution in [2.75, 3.05) is 6.54 Å². The second-order valence-electron chi connectivity index (χ2n) is 6.87. The fourth-order valence-corrected chi connectivity index (χ4v) is 3.68. The van der Waals surface area contributed by atoms with Crippen LogP contribution >= 0.6 is 0 Å². The minimum absolute atomic E-state index is 0.0216. The van der Waals surface area contributed by atoms with E-state index in [0.29, 0.717) is 24.8 Å². The number of carbonyl (C=O) groups is 2. The summed E-state index contributed by atoms with van der Waals surface area (Å²) in [6.07, 6.45) is 7.65. The number of nitrogens with zero attached hydrogens (tertiary/aromatic N) is 2. The Balaban J connectivity index is 1.52. The molecule has 25 heavy (non-hydrogen) atoms. The summed E-state index contributed by atoms with van der Waals surface area (Å²) in [5.41, 5.74) is 1.84. The predicted molar refractivity (Wildman–Crippen MR) is 90.7 cm³/mol. The highest BCUT2D eigenvalue weighted by Gasteiger charge is 2.47. The van der Waals surface area contributed by atoms with E-state index in [4.69, 9.17) is 4.42 Å². The number of pyridine rings is 1. The van der Waals surface area contributed by atoms with Crippen molar-refractivity contribution in [2.45, 2.75) is 38.3 Å². The lowest BCUT2D eigenvalue weighted by Crippen LogP contribution is -2.35. The third kappa shape index (κ3) is 3.04. The minimum atomic E-state index is -0.232. The maximum absolute atomic E-state index is 12.6. The van der Waals surface area contributed by atoms with Gasteiger partial charge >= 0.3 is 0 Å². The zero-order valence-corrected chi connectivity index (χ0v) is 14.1. The van der Waals surface area contributed by atoms with Gasteiger partial charge in [0.25, 0.3) is 5.91 Å². The topological polar surface area (TPSA) is 75.4 Å². The molecule has 0 bridgehead atoms. The van der Waals surface area contributed by atoms with Gasteiger partial charge in [0.05, 0.1) is 12.3 Å². The standard InChI is InChI=1S/C19H21N3O3/c1-12-6-8-25-18(12)19(24)21-11-14-9-16(23)22(15-4-5-15)17(14)13-3-2-7-20-10-13/h2-3,6-8,10,14-15,17H,4-5,9,11H2,1H3,(H,21,24)/t14-,17-/m0/s1. The molecular weight excluding hydrogens is 318 g/mol. The van der Waals surface area contributed by atoms with Crippen LogP contribution in [0.1, 0.15) is 47.0 Å². The van der Waals surface area contributed by atoms with E-state index < -0.39 is 0 Å². The van der Waals surface area contributed by atoms with Crippen molar-refractivity contribution >= 4 is 11.8 Å². The van der Waals surface area contributed by atoms with E-state index >= 15 is 0 Å². The van der Waals surface area contributed by atoms with Gasteiger partial charge in [-0.3, -0.25) is 14.6 Å². The monoisotopic (exact) mass is 339 g/mol. The molecule has 1 saturated heterocycles. The summed E-state index contributed by atoms with van der Waals surface area (Å²) < 4.78 is 5.24. The van der Waals surface area contributed by atoms with Gasteiger partial charge in [-0.2, -0.15) is 0 Å². The molecule has 130 valence electrons. The third-order valence-electron chi connectivity index (χ3n) is 5.03. The second-order valence-corrected chi connectivity index (χ2v) is 6.87. The molecule has 0 spiro atoms. The Labute approximate surface area is 146 Å². The van der Waals surface area contributed by atoms with E-state index in [1.165, 1.54) is 6.26 Å². The molecule has 2 fully saturated rings. The Morgan fingerprint density at radius 1 is 1.40 bits per heavy atom. The normalized spacial score (nSPS) is 23.1. The summed E-state index contributed by atoms with van der Waals surface area (Å²) in [7, 11) is 0. The van der Waals surface area contributed by atoms with E-state index in [-0.39, 0.29) is 23.8 Å². The van der Waals surface area contributed by atoms with Crippen molar-refractivity contribution in [3.8, 4) is 0 Å². The fraction of sp³-hybridized carbons (Fsp3) is 0.421. The maximum atomic E-state index is 12.6. The summed E-state index contributed by atoms with van der Waals surface area (Å²) in [5.74, 6) is 0.312. The molecule has 2 aromatic rings. The van der Waals surface area contributed by atoms with Crippen LogP contribution in [0.2, 0.25) is 0 Å². The van der Waals surface area contributed by atoms with Crippen LogP contribution in [-0.2, 0) is 4.79 Å². The van der Waals surface area contributed by atoms with Gasteiger partial charge in [-0.05, 0) is 37.5 Å². The van der Waals surface area contributed by atoms with Crippen LogP contribution in [0.3, 0.4) is 0 Å². The van der Waals surface area contributed by atoms with Gasteiger partial charge in [0.1, 0.15) is 0 Å². The molecule has 4 rings (SSSR count). The maximum Gasteiger partial charge on any atom is 0.287 e. The third-order valence-corrected chi connectivity index (χ3v) is 5.03. The molecule has 0 unspecified atom stereocenters. The van der Waals surface area contributed by atoms with Crippen molar-refractivity contribution in [3.63, 3.8) is 0 Å². The second kappa shape index (κ2) is 6.35. The lowest BCUT2D eigenvalue weighted by Gasteiger charge is -2.28. The number of amides is 2. The minimum Gasteiger partial charge on any atom is -0.459 e. The van der Waals surface area contributed by atoms with E-state index in [9.17, 15) is 9.59 Å². The van der Waals surface area contributed by atoms with Gasteiger partial charge in [-0.1, -0.05) is 6.07 Å². The number of hydrogen-bond donors (Lipinski definition) is 1. The van der Waals surface area contributed by atoms with Crippen molar-refractivity contribution < 1.29 is 14.0 Å². The SMILES string of the molecule is Cc1ccoc1C(=O)NC[C@@H]1CC(=O)N(C2CC2)[C@H]1c1cccnc1. The highest BCUT2D eigenvalue weighted by molar-refractivity contribution is 5.92. The van der Waals surface area contributed by atoms with Gasteiger partial charge in [0, 0.05) is 42.9 Å². The summed E-state index contributed by atoms with van der Waals surface area (Å²) in [4.78, 5) is 31.1. The van der Waals surface area contributed by atoms with Crippen LogP contribution in [0, 0.1) is 12.8 Å². The van der Waals surface area contributed by atoms with Crippen molar-refractivity contribution in [2.24, 2.45) is 5.92 Å². The average molecular weight is 339 g/mol. The highest BCUT2D eigenvalue weighted by Crippen LogP contribution is 2.44. The van der Waals surface area contributed by atoms with Gasteiger partial charge < -0.3 is 14.6 Å². The Kier molecular flexibility index (Phi) is 4.03. The van der Waals surface area contributed by atoms with Crippen molar-refractivity contribution in [1.82, 2.24) is 15.2 Å². The highest BCUT2D eigenvalue weighted by atomic mass is 16.3. The number of nitrogens with one attached hydrogen (secondary N) is 1. The zero-order chi connectivity index (χ0) is 17.4. The molecule has 3 heterocycles. The molecule has 1 N–H and O–H groups in total. The lowest BCUT2D eigenvalue weighted by atomic mass is 9.94. The number of hydrogen-bond acceptors (Lipinski definition) is 4. The number of furan rings is 1. The fourth-order valence-electron chi connectivity index (χ4n) is 3.68. The Hall–Kier alpha value is -2.63. The van der Waals surface area contributed by atoms with Crippen LogP contribution in [0.25, 0.3) is 0 Å². The van der Waals surface area contributed by atoms with E-state index in [2.05, 4.69) is 10.3 Å². The molecular formula is C19H21N3O3. The van der Waals surface area contributed by atoms with Crippen LogP contribution in [-0.4, -0.2) is 34.3 Å². The first-order valence-corrected chi connectivity index (χ1v) is 8.68. The van der Waals surface area contributed by atoms with Crippen LogP contribution < -0.4 is 5.32 Å². The van der Waals surface area contributed by atoms with Gasteiger partial charge in [-0.25, -0.2) is 0 Å². The molecule has 1 aliphatic heterocycles. The average Bonchev–Trinajstić information content (AvgIpc) is 3.27. The number of aryl methyl sites for hydroxylation is 1. The summed E-state index contributed by atoms with van der Waals surface area (Å²) in [6.45, 7) is 2.28. The summed E-state index contributed by atoms with van der Waals surface area (Å²) in [6, 6.07) is 5.99. The quantitative estimate of drug-likeness (QED) is 0.908. The molecule has 2 aromatic heterocycles. The smallest absolute Gasteiger partial charge is 0.287 e. The van der Waals surface area contributed by atoms with Crippen LogP contribution in [0.15, 0.2) is 41.3 Å². The molecule has 2 amide bonds. The first-order valence-electron chi connectivity index (χ1n) is 8.68. The molecule has 2 atom stereocenters. The summed E-state index contributed by atoms with van der Waals surface area (Å²) in [5, 5.41) is 2.94. The zero-order valence-electron chi connectivity index (χ0n) is 14.1. The molecule has 6 nitrogen and oxygen atoms in total. The van der Waals surface area contributed by atoms with E-state index in [0.717, 1.165) is 24.0 Å². The Bertz CT molecular complexity index is 782. The molecule has 0 radical (unpaired) electrons. The number of carbonyl (C=O) groups excluding carboxylic acids is 2. The first-order chi connectivity index (χ1) is 12.1. The number of likely N-dealkylation sites (tertiary alicyclic amines) is 1. The molecule has 1 aliphatic carbocycles. The van der Waals surface area contributed by atoms with E-state index in [1.807, 2.05) is 30.2 Å². The molecule has 2 aliphatic rings. The first kappa shape index (κ1) is 15.9.